The van der Waals surface area contributed by atoms with Crippen molar-refractivity contribution in [2.45, 2.75) is 35.3 Å². The van der Waals surface area contributed by atoms with Crippen molar-refractivity contribution in [2.75, 3.05) is 4.72 Å². The summed E-state index contributed by atoms with van der Waals surface area (Å²) in [5.74, 6) is 0. The van der Waals surface area contributed by atoms with Gasteiger partial charge in [0.1, 0.15) is 0 Å². The molecule has 11 heteroatoms. The number of nitrogens with one attached hydrogen (secondary N) is 1. The molecule has 0 saturated carbocycles. The second-order valence-electron chi connectivity index (χ2n) is 4.85. The molecule has 8 nitrogen and oxygen atoms in total. The summed E-state index contributed by atoms with van der Waals surface area (Å²) in [4.78, 5) is 10.1. The van der Waals surface area contributed by atoms with Gasteiger partial charge in [-0.25, -0.2) is 8.42 Å². The number of nitro benzene ring substituents is 1. The number of sulfonamides is 1. The molecule has 1 aromatic heterocycles. The van der Waals surface area contributed by atoms with Crippen LogP contribution in [0.1, 0.15) is 19.4 Å². The lowest BCUT2D eigenvalue weighted by atomic mass is 10.2. The first-order chi connectivity index (χ1) is 10.7. The fraction of sp³-hybridized carbons (Fsp3) is 0.333. The van der Waals surface area contributed by atoms with Crippen molar-refractivity contribution in [3.63, 3.8) is 0 Å². The molecule has 1 aromatic carbocycles. The summed E-state index contributed by atoms with van der Waals surface area (Å²) in [6, 6.07) is 3.74. The predicted octanol–water partition coefficient (Wildman–Crippen LogP) is 3.06. The Balaban J connectivity index is 2.27. The van der Waals surface area contributed by atoms with Crippen molar-refractivity contribution >= 4 is 43.9 Å². The van der Waals surface area contributed by atoms with E-state index in [0.29, 0.717) is 15.2 Å². The molecule has 0 unspecified atom stereocenters. The Kier molecular flexibility index (Phi) is 5.22. The van der Waals surface area contributed by atoms with Gasteiger partial charge in [-0.3, -0.25) is 14.8 Å². The number of aryl methyl sites for hydroxylation is 1. The van der Waals surface area contributed by atoms with Crippen LogP contribution >= 0.6 is 23.1 Å². The molecule has 1 N–H and O–H groups in total. The van der Waals surface area contributed by atoms with E-state index in [4.69, 9.17) is 0 Å². The Bertz CT molecular complexity index is 833. The van der Waals surface area contributed by atoms with E-state index in [9.17, 15) is 18.5 Å². The molecule has 0 bridgehead atoms. The van der Waals surface area contributed by atoms with E-state index in [1.54, 1.807) is 6.92 Å². The molecular weight excluding hydrogens is 360 g/mol. The average Bonchev–Trinajstić information content (AvgIpc) is 2.84. The first-order valence-corrected chi connectivity index (χ1v) is 9.65. The molecule has 0 fully saturated rings. The van der Waals surface area contributed by atoms with E-state index in [1.807, 2.05) is 13.8 Å². The number of thioether (sulfide) groups is 1. The van der Waals surface area contributed by atoms with Gasteiger partial charge in [0.15, 0.2) is 4.34 Å². The molecule has 23 heavy (non-hydrogen) atoms. The Morgan fingerprint density at radius 3 is 2.65 bits per heavy atom. The van der Waals surface area contributed by atoms with E-state index in [0.717, 1.165) is 17.4 Å². The highest BCUT2D eigenvalue weighted by Gasteiger charge is 2.21. The summed E-state index contributed by atoms with van der Waals surface area (Å²) in [6.45, 7) is 5.52. The van der Waals surface area contributed by atoms with Gasteiger partial charge in [-0.15, -0.1) is 10.2 Å². The van der Waals surface area contributed by atoms with Crippen molar-refractivity contribution in [2.24, 2.45) is 0 Å². The molecular formula is C12H14N4O4S3. The number of anilines is 1. The van der Waals surface area contributed by atoms with Crippen LogP contribution in [0.25, 0.3) is 0 Å². The topological polar surface area (TPSA) is 115 Å². The smallest absolute Gasteiger partial charge is 0.258 e. The maximum absolute atomic E-state index is 12.3. The maximum Gasteiger partial charge on any atom is 0.273 e. The lowest BCUT2D eigenvalue weighted by molar-refractivity contribution is -0.385. The highest BCUT2D eigenvalue weighted by Crippen LogP contribution is 2.30. The summed E-state index contributed by atoms with van der Waals surface area (Å²) in [5, 5.41) is 19.0. The summed E-state index contributed by atoms with van der Waals surface area (Å²) in [6.07, 6.45) is 0. The molecule has 0 aliphatic carbocycles. The first kappa shape index (κ1) is 17.6. The van der Waals surface area contributed by atoms with Gasteiger partial charge >= 0.3 is 0 Å². The molecule has 0 spiro atoms. The van der Waals surface area contributed by atoms with Gasteiger partial charge in [-0.05, 0) is 13.0 Å². The predicted molar refractivity (Wildman–Crippen MR) is 89.5 cm³/mol. The van der Waals surface area contributed by atoms with Gasteiger partial charge in [0.2, 0.25) is 5.13 Å². The molecule has 1 heterocycles. The Morgan fingerprint density at radius 2 is 2.04 bits per heavy atom. The summed E-state index contributed by atoms with van der Waals surface area (Å²) >= 11 is 2.58. The minimum Gasteiger partial charge on any atom is -0.258 e. The first-order valence-electron chi connectivity index (χ1n) is 6.47. The van der Waals surface area contributed by atoms with Crippen molar-refractivity contribution in [3.8, 4) is 0 Å². The van der Waals surface area contributed by atoms with E-state index in [1.165, 1.54) is 23.9 Å². The van der Waals surface area contributed by atoms with E-state index < -0.39 is 14.9 Å². The third-order valence-electron chi connectivity index (χ3n) is 2.65. The van der Waals surface area contributed by atoms with Crippen LogP contribution in [0.2, 0.25) is 0 Å². The van der Waals surface area contributed by atoms with Gasteiger partial charge in [-0.2, -0.15) is 0 Å². The van der Waals surface area contributed by atoms with Crippen LogP contribution in [-0.2, 0) is 10.0 Å². The molecule has 0 aliphatic heterocycles. The number of nitrogens with zero attached hydrogens (tertiary/aromatic N) is 3. The fourth-order valence-electron chi connectivity index (χ4n) is 1.63. The average molecular weight is 374 g/mol. The van der Waals surface area contributed by atoms with Crippen molar-refractivity contribution in [3.05, 3.63) is 33.9 Å². The maximum atomic E-state index is 12.3. The zero-order chi connectivity index (χ0) is 17.2. The zero-order valence-electron chi connectivity index (χ0n) is 12.5. The Labute approximate surface area is 141 Å². The zero-order valence-corrected chi connectivity index (χ0v) is 15.0. The Hall–Kier alpha value is -1.72. The van der Waals surface area contributed by atoms with Gasteiger partial charge in [0, 0.05) is 16.9 Å². The van der Waals surface area contributed by atoms with Gasteiger partial charge in [0.05, 0.1) is 9.82 Å². The molecule has 0 amide bonds. The molecule has 124 valence electrons. The minimum absolute atomic E-state index is 0.122. The second kappa shape index (κ2) is 6.81. The fourth-order valence-corrected chi connectivity index (χ4v) is 4.85. The monoisotopic (exact) mass is 374 g/mol. The number of aromatic nitrogens is 2. The van der Waals surface area contributed by atoms with Gasteiger partial charge in [0.25, 0.3) is 15.7 Å². The molecule has 2 rings (SSSR count). The standard InChI is InChI=1S/C12H14N4O4S3/c1-7(2)21-12-14-13-11(22-12)15-23(19,20)9-5-4-8(3)10(6-9)16(17)18/h4-7H,1-3H3,(H,13,15). The molecule has 2 aromatic rings. The number of nitro groups is 1. The van der Waals surface area contributed by atoms with Gasteiger partial charge < -0.3 is 0 Å². The van der Waals surface area contributed by atoms with Crippen molar-refractivity contribution in [1.29, 1.82) is 0 Å². The van der Waals surface area contributed by atoms with Crippen molar-refractivity contribution in [1.82, 2.24) is 10.2 Å². The summed E-state index contributed by atoms with van der Waals surface area (Å²) in [7, 11) is -3.96. The number of hydrogen-bond donors (Lipinski definition) is 1. The lowest BCUT2D eigenvalue weighted by Gasteiger charge is -2.05. The SMILES string of the molecule is Cc1ccc(S(=O)(=O)Nc2nnc(SC(C)C)s2)cc1[N+](=O)[O-]. The number of benzene rings is 1. The Morgan fingerprint density at radius 1 is 1.35 bits per heavy atom. The van der Waals surface area contributed by atoms with Crippen LogP contribution in [0.15, 0.2) is 27.4 Å². The van der Waals surface area contributed by atoms with Gasteiger partial charge in [-0.1, -0.05) is 43.0 Å². The largest absolute Gasteiger partial charge is 0.273 e. The molecule has 0 aliphatic rings. The van der Waals surface area contributed by atoms with E-state index in [2.05, 4.69) is 14.9 Å². The van der Waals surface area contributed by atoms with Crippen LogP contribution in [0.5, 0.6) is 0 Å². The van der Waals surface area contributed by atoms with E-state index in [-0.39, 0.29) is 15.7 Å². The van der Waals surface area contributed by atoms with Crippen LogP contribution in [-0.4, -0.2) is 28.8 Å². The number of rotatable bonds is 6. The van der Waals surface area contributed by atoms with Crippen LogP contribution in [0, 0.1) is 17.0 Å². The molecule has 0 atom stereocenters. The highest BCUT2D eigenvalue weighted by atomic mass is 32.2. The lowest BCUT2D eigenvalue weighted by Crippen LogP contribution is -2.13. The molecule has 0 radical (unpaired) electrons. The van der Waals surface area contributed by atoms with E-state index >= 15 is 0 Å². The minimum atomic E-state index is -3.96. The van der Waals surface area contributed by atoms with Crippen LogP contribution in [0.3, 0.4) is 0 Å². The van der Waals surface area contributed by atoms with Crippen LogP contribution in [0.4, 0.5) is 10.8 Å². The third kappa shape index (κ3) is 4.39. The quantitative estimate of drug-likeness (QED) is 0.469. The third-order valence-corrected chi connectivity index (χ3v) is 6.04. The normalized spacial score (nSPS) is 11.7. The van der Waals surface area contributed by atoms with Crippen molar-refractivity contribution < 1.29 is 13.3 Å². The summed E-state index contributed by atoms with van der Waals surface area (Å²) in [5.41, 5.74) is 0.140. The van der Waals surface area contributed by atoms with Crippen LogP contribution < -0.4 is 4.72 Å². The molecule has 0 saturated heterocycles. The second-order valence-corrected chi connectivity index (χ2v) is 9.33. The highest BCUT2D eigenvalue weighted by molar-refractivity contribution is 8.01. The summed E-state index contributed by atoms with van der Waals surface area (Å²) < 4.78 is 27.6. The number of hydrogen-bond acceptors (Lipinski definition) is 8.